The van der Waals surface area contributed by atoms with Crippen LogP contribution in [0.2, 0.25) is 0 Å². The molecule has 1 saturated carbocycles. The molecular formula is C23H42N2O. The Morgan fingerprint density at radius 2 is 1.46 bits per heavy atom. The zero-order valence-corrected chi connectivity index (χ0v) is 17.5. The molecule has 0 aromatic carbocycles. The van der Waals surface area contributed by atoms with Crippen molar-refractivity contribution in [2.45, 2.75) is 97.3 Å². The minimum absolute atomic E-state index is 0.0239. The van der Waals surface area contributed by atoms with Gasteiger partial charge in [0, 0.05) is 13.1 Å². The molecular weight excluding hydrogens is 320 g/mol. The number of hydrogen-bond donors (Lipinski definition) is 0. The number of carbonyl (C=O) groups is 1. The van der Waals surface area contributed by atoms with E-state index in [-0.39, 0.29) is 5.41 Å². The van der Waals surface area contributed by atoms with Crippen molar-refractivity contribution in [1.82, 2.24) is 9.80 Å². The highest BCUT2D eigenvalue weighted by Crippen LogP contribution is 2.54. The second-order valence-corrected chi connectivity index (χ2v) is 9.58. The van der Waals surface area contributed by atoms with Gasteiger partial charge in [-0.15, -0.1) is 0 Å². The first-order chi connectivity index (χ1) is 12.6. The van der Waals surface area contributed by atoms with Gasteiger partial charge in [0.25, 0.3) is 0 Å². The minimum atomic E-state index is 0.0239. The summed E-state index contributed by atoms with van der Waals surface area (Å²) >= 11 is 0. The van der Waals surface area contributed by atoms with Gasteiger partial charge in [0.15, 0.2) is 0 Å². The molecule has 0 bridgehead atoms. The van der Waals surface area contributed by atoms with Gasteiger partial charge in [0.05, 0.1) is 5.41 Å². The monoisotopic (exact) mass is 362 g/mol. The van der Waals surface area contributed by atoms with Gasteiger partial charge in [-0.3, -0.25) is 4.79 Å². The molecule has 3 heteroatoms. The molecule has 1 aliphatic carbocycles. The lowest BCUT2D eigenvalue weighted by Crippen LogP contribution is -2.41. The molecule has 3 nitrogen and oxygen atoms in total. The summed E-state index contributed by atoms with van der Waals surface area (Å²) in [7, 11) is 0. The van der Waals surface area contributed by atoms with E-state index in [0.29, 0.717) is 11.3 Å². The number of piperidine rings is 1. The summed E-state index contributed by atoms with van der Waals surface area (Å²) in [5.41, 5.74) is 0.576. The van der Waals surface area contributed by atoms with Crippen molar-refractivity contribution in [3.05, 3.63) is 0 Å². The van der Waals surface area contributed by atoms with Crippen molar-refractivity contribution in [3.8, 4) is 0 Å². The van der Waals surface area contributed by atoms with Crippen LogP contribution in [0.25, 0.3) is 0 Å². The minimum Gasteiger partial charge on any atom is -0.342 e. The Morgan fingerprint density at radius 3 is 2.08 bits per heavy atom. The highest BCUT2D eigenvalue weighted by atomic mass is 16.2. The third kappa shape index (κ3) is 4.46. The SMILES string of the molecule is CCCC1(CCC)CCC2(CCN(CCCN3CCCCC3)C2=O)CC1. The van der Waals surface area contributed by atoms with Crippen LogP contribution in [0.15, 0.2) is 0 Å². The molecule has 150 valence electrons. The summed E-state index contributed by atoms with van der Waals surface area (Å²) in [6, 6.07) is 0. The van der Waals surface area contributed by atoms with E-state index in [1.54, 1.807) is 0 Å². The lowest BCUT2D eigenvalue weighted by Gasteiger charge is -2.44. The average Bonchev–Trinajstić information content (AvgIpc) is 2.96. The fraction of sp³-hybridized carbons (Fsp3) is 0.957. The van der Waals surface area contributed by atoms with E-state index in [1.165, 1.54) is 77.4 Å². The first-order valence-electron chi connectivity index (χ1n) is 11.6. The predicted octanol–water partition coefficient (Wildman–Crippen LogP) is 5.24. The van der Waals surface area contributed by atoms with E-state index >= 15 is 0 Å². The zero-order chi connectivity index (χ0) is 18.5. The normalized spacial score (nSPS) is 25.9. The Bertz CT molecular complexity index is 439. The second-order valence-electron chi connectivity index (χ2n) is 9.58. The van der Waals surface area contributed by atoms with Crippen molar-refractivity contribution < 1.29 is 4.79 Å². The van der Waals surface area contributed by atoms with E-state index in [2.05, 4.69) is 23.6 Å². The van der Waals surface area contributed by atoms with Crippen molar-refractivity contribution >= 4 is 5.91 Å². The molecule has 0 radical (unpaired) electrons. The Labute approximate surface area is 161 Å². The van der Waals surface area contributed by atoms with Crippen LogP contribution in [0.4, 0.5) is 0 Å². The largest absolute Gasteiger partial charge is 0.342 e. The smallest absolute Gasteiger partial charge is 0.228 e. The van der Waals surface area contributed by atoms with Gasteiger partial charge in [0.2, 0.25) is 5.91 Å². The molecule has 0 aromatic heterocycles. The summed E-state index contributed by atoms with van der Waals surface area (Å²) in [4.78, 5) is 18.0. The quantitative estimate of drug-likeness (QED) is 0.589. The van der Waals surface area contributed by atoms with E-state index in [4.69, 9.17) is 0 Å². The van der Waals surface area contributed by atoms with Gasteiger partial charge in [0.1, 0.15) is 0 Å². The summed E-state index contributed by atoms with van der Waals surface area (Å²) in [6.45, 7) is 10.4. The number of rotatable bonds is 8. The van der Waals surface area contributed by atoms with Gasteiger partial charge in [-0.25, -0.2) is 0 Å². The molecule has 26 heavy (non-hydrogen) atoms. The molecule has 0 N–H and O–H groups in total. The standard InChI is InChI=1S/C23H42N2O/c1-3-9-22(10-4-2)11-13-23(14-12-22)15-20-25(21(23)26)19-8-18-24-16-6-5-7-17-24/h3-20H2,1-2H3. The maximum absolute atomic E-state index is 13.2. The lowest BCUT2D eigenvalue weighted by molar-refractivity contribution is -0.139. The van der Waals surface area contributed by atoms with Crippen LogP contribution in [0, 0.1) is 10.8 Å². The molecule has 3 rings (SSSR count). The molecule has 2 heterocycles. The van der Waals surface area contributed by atoms with Crippen molar-refractivity contribution in [2.75, 3.05) is 32.7 Å². The lowest BCUT2D eigenvalue weighted by atomic mass is 9.60. The molecule has 2 aliphatic heterocycles. The number of likely N-dealkylation sites (tertiary alicyclic amines) is 2. The summed E-state index contributed by atoms with van der Waals surface area (Å²) in [6.07, 6.45) is 16.7. The number of nitrogens with zero attached hydrogens (tertiary/aromatic N) is 2. The Morgan fingerprint density at radius 1 is 0.808 bits per heavy atom. The van der Waals surface area contributed by atoms with E-state index < -0.39 is 0 Å². The van der Waals surface area contributed by atoms with Crippen molar-refractivity contribution in [2.24, 2.45) is 10.8 Å². The molecule has 3 fully saturated rings. The summed E-state index contributed by atoms with van der Waals surface area (Å²) in [5, 5.41) is 0. The number of hydrogen-bond acceptors (Lipinski definition) is 2. The van der Waals surface area contributed by atoms with Crippen LogP contribution in [0.3, 0.4) is 0 Å². The first kappa shape index (κ1) is 20.2. The van der Waals surface area contributed by atoms with Gasteiger partial charge < -0.3 is 9.80 Å². The maximum atomic E-state index is 13.2. The first-order valence-corrected chi connectivity index (χ1v) is 11.6. The predicted molar refractivity (Wildman–Crippen MR) is 109 cm³/mol. The maximum Gasteiger partial charge on any atom is 0.228 e. The number of amides is 1. The van der Waals surface area contributed by atoms with Crippen LogP contribution in [-0.2, 0) is 4.79 Å². The number of carbonyl (C=O) groups excluding carboxylic acids is 1. The molecule has 2 saturated heterocycles. The Kier molecular flexibility index (Phi) is 7.05. The van der Waals surface area contributed by atoms with Crippen molar-refractivity contribution in [3.63, 3.8) is 0 Å². The van der Waals surface area contributed by atoms with Crippen LogP contribution >= 0.6 is 0 Å². The summed E-state index contributed by atoms with van der Waals surface area (Å²) < 4.78 is 0. The van der Waals surface area contributed by atoms with Crippen LogP contribution < -0.4 is 0 Å². The van der Waals surface area contributed by atoms with E-state index in [1.807, 2.05) is 0 Å². The van der Waals surface area contributed by atoms with Crippen LogP contribution in [-0.4, -0.2) is 48.4 Å². The molecule has 1 amide bonds. The molecule has 1 spiro atoms. The topological polar surface area (TPSA) is 23.6 Å². The molecule has 3 aliphatic rings. The van der Waals surface area contributed by atoms with Crippen LogP contribution in [0.5, 0.6) is 0 Å². The zero-order valence-electron chi connectivity index (χ0n) is 17.5. The Balaban J connectivity index is 1.47. The third-order valence-electron chi connectivity index (χ3n) is 7.78. The highest BCUT2D eigenvalue weighted by molar-refractivity contribution is 5.85. The van der Waals surface area contributed by atoms with Gasteiger partial charge >= 0.3 is 0 Å². The van der Waals surface area contributed by atoms with Gasteiger partial charge in [-0.2, -0.15) is 0 Å². The van der Waals surface area contributed by atoms with Crippen molar-refractivity contribution in [1.29, 1.82) is 0 Å². The van der Waals surface area contributed by atoms with Gasteiger partial charge in [-0.05, 0) is 89.3 Å². The average molecular weight is 363 g/mol. The van der Waals surface area contributed by atoms with Gasteiger partial charge in [-0.1, -0.05) is 33.1 Å². The molecule has 0 aromatic rings. The third-order valence-corrected chi connectivity index (χ3v) is 7.78. The van der Waals surface area contributed by atoms with E-state index in [9.17, 15) is 4.79 Å². The molecule has 0 atom stereocenters. The van der Waals surface area contributed by atoms with Crippen LogP contribution in [0.1, 0.15) is 97.3 Å². The fourth-order valence-electron chi connectivity index (χ4n) is 6.18. The fourth-order valence-corrected chi connectivity index (χ4v) is 6.18. The van der Waals surface area contributed by atoms with E-state index in [0.717, 1.165) is 38.8 Å². The Hall–Kier alpha value is -0.570. The summed E-state index contributed by atoms with van der Waals surface area (Å²) in [5.74, 6) is 0.512. The molecule has 0 unspecified atom stereocenters. The highest BCUT2D eigenvalue weighted by Gasteiger charge is 2.50. The second kappa shape index (κ2) is 9.08.